The van der Waals surface area contributed by atoms with E-state index in [0.29, 0.717) is 13.1 Å². The van der Waals surface area contributed by atoms with E-state index in [9.17, 15) is 4.79 Å². The Morgan fingerprint density at radius 3 is 2.50 bits per heavy atom. The van der Waals surface area contributed by atoms with Crippen LogP contribution in [0.3, 0.4) is 0 Å². The molecule has 0 heterocycles. The first-order valence-electron chi connectivity index (χ1n) is 7.21. The Kier molecular flexibility index (Phi) is 6.22. The molecule has 4 heteroatoms. The first-order chi connectivity index (χ1) is 10.7. The summed E-state index contributed by atoms with van der Waals surface area (Å²) in [5.74, 6) is 0. The predicted octanol–water partition coefficient (Wildman–Crippen LogP) is 4.65. The highest BCUT2D eigenvalue weighted by molar-refractivity contribution is 9.10. The molecule has 0 aliphatic carbocycles. The van der Waals surface area contributed by atoms with E-state index in [-0.39, 0.29) is 6.03 Å². The van der Waals surface area contributed by atoms with Gasteiger partial charge in [0.1, 0.15) is 0 Å². The Balaban J connectivity index is 1.94. The minimum absolute atomic E-state index is 0.102. The van der Waals surface area contributed by atoms with Crippen LogP contribution in [0.2, 0.25) is 0 Å². The Hall–Kier alpha value is -2.07. The van der Waals surface area contributed by atoms with Gasteiger partial charge in [0.2, 0.25) is 0 Å². The van der Waals surface area contributed by atoms with Gasteiger partial charge in [-0.3, -0.25) is 0 Å². The average Bonchev–Trinajstić information content (AvgIpc) is 2.55. The van der Waals surface area contributed by atoms with Crippen LogP contribution in [0, 0.1) is 0 Å². The number of rotatable bonds is 5. The third-order valence-electron chi connectivity index (χ3n) is 3.26. The largest absolute Gasteiger partial charge is 0.321 e. The molecule has 0 aliphatic heterocycles. The maximum absolute atomic E-state index is 12.2. The molecule has 0 unspecified atom stereocenters. The highest BCUT2D eigenvalue weighted by Gasteiger charge is 2.10. The number of nitrogens with one attached hydrogen (secondary N) is 1. The minimum Gasteiger partial charge on any atom is -0.321 e. The van der Waals surface area contributed by atoms with Gasteiger partial charge >= 0.3 is 6.03 Å². The van der Waals surface area contributed by atoms with E-state index in [4.69, 9.17) is 0 Å². The molecule has 0 aliphatic rings. The summed E-state index contributed by atoms with van der Waals surface area (Å²) in [6.07, 6.45) is 3.55. The smallest absolute Gasteiger partial charge is 0.321 e. The number of amides is 2. The molecule has 0 radical (unpaired) electrons. The van der Waals surface area contributed by atoms with Gasteiger partial charge < -0.3 is 10.2 Å². The van der Waals surface area contributed by atoms with Gasteiger partial charge in [0.25, 0.3) is 0 Å². The highest BCUT2D eigenvalue weighted by Crippen LogP contribution is 2.16. The van der Waals surface area contributed by atoms with Crippen LogP contribution in [0.25, 0.3) is 6.08 Å². The summed E-state index contributed by atoms with van der Waals surface area (Å²) in [4.78, 5) is 14.0. The van der Waals surface area contributed by atoms with Gasteiger partial charge in [-0.1, -0.05) is 64.5 Å². The van der Waals surface area contributed by atoms with Gasteiger partial charge in [0, 0.05) is 23.8 Å². The first kappa shape index (κ1) is 16.3. The molecule has 3 nitrogen and oxygen atoms in total. The summed E-state index contributed by atoms with van der Waals surface area (Å²) in [7, 11) is 0. The second-order valence-corrected chi connectivity index (χ2v) is 5.66. The van der Waals surface area contributed by atoms with Gasteiger partial charge in [-0.15, -0.1) is 0 Å². The molecule has 2 rings (SSSR count). The molecule has 2 aromatic carbocycles. The molecule has 0 atom stereocenters. The van der Waals surface area contributed by atoms with Crippen molar-refractivity contribution in [3.05, 3.63) is 76.4 Å². The minimum atomic E-state index is -0.102. The molecule has 0 aromatic heterocycles. The summed E-state index contributed by atoms with van der Waals surface area (Å²) in [6, 6.07) is 17.7. The number of nitrogens with zero attached hydrogens (tertiary/aromatic N) is 1. The first-order valence-corrected chi connectivity index (χ1v) is 8.00. The zero-order chi connectivity index (χ0) is 15.8. The molecule has 0 fully saturated rings. The molecule has 1 N–H and O–H groups in total. The van der Waals surface area contributed by atoms with Crippen LogP contribution < -0.4 is 5.32 Å². The fourth-order valence-electron chi connectivity index (χ4n) is 2.04. The predicted molar refractivity (Wildman–Crippen MR) is 94.2 cm³/mol. The van der Waals surface area contributed by atoms with E-state index in [2.05, 4.69) is 21.2 Å². The van der Waals surface area contributed by atoms with Crippen LogP contribution in [-0.2, 0) is 6.54 Å². The van der Waals surface area contributed by atoms with E-state index < -0.39 is 0 Å². The molecule has 0 bridgehead atoms. The molecular weight excluding hydrogens is 340 g/mol. The van der Waals surface area contributed by atoms with E-state index >= 15 is 0 Å². The quantitative estimate of drug-likeness (QED) is 0.828. The number of hydrogen-bond donors (Lipinski definition) is 1. The van der Waals surface area contributed by atoms with Gasteiger partial charge in [0.15, 0.2) is 0 Å². The summed E-state index contributed by atoms with van der Waals surface area (Å²) in [5, 5.41) is 2.82. The van der Waals surface area contributed by atoms with Gasteiger partial charge in [0.05, 0.1) is 0 Å². The monoisotopic (exact) mass is 358 g/mol. The molecule has 22 heavy (non-hydrogen) atoms. The van der Waals surface area contributed by atoms with Gasteiger partial charge in [-0.25, -0.2) is 4.79 Å². The third-order valence-corrected chi connectivity index (χ3v) is 3.98. The fraction of sp³-hybridized carbons (Fsp3) is 0.167. The molecule has 0 spiro atoms. The highest BCUT2D eigenvalue weighted by atomic mass is 79.9. The maximum Gasteiger partial charge on any atom is 0.321 e. The number of hydrogen-bond acceptors (Lipinski definition) is 1. The number of carbonyl (C=O) groups excluding carboxylic acids is 1. The molecule has 114 valence electrons. The van der Waals surface area contributed by atoms with E-state index in [1.54, 1.807) is 11.1 Å². The lowest BCUT2D eigenvalue weighted by Crippen LogP contribution is -2.36. The number of benzene rings is 2. The Morgan fingerprint density at radius 1 is 1.14 bits per heavy atom. The summed E-state index contributed by atoms with van der Waals surface area (Å²) < 4.78 is 0.997. The van der Waals surface area contributed by atoms with Crippen molar-refractivity contribution in [2.75, 3.05) is 6.54 Å². The fourth-order valence-corrected chi connectivity index (χ4v) is 2.45. The van der Waals surface area contributed by atoms with Gasteiger partial charge in [-0.05, 0) is 30.2 Å². The summed E-state index contributed by atoms with van der Waals surface area (Å²) in [6.45, 7) is 3.23. The topological polar surface area (TPSA) is 32.3 Å². The second-order valence-electron chi connectivity index (χ2n) is 4.80. The van der Waals surface area contributed by atoms with Crippen LogP contribution in [-0.4, -0.2) is 17.5 Å². The van der Waals surface area contributed by atoms with Crippen LogP contribution in [0.5, 0.6) is 0 Å². The van der Waals surface area contributed by atoms with Crippen molar-refractivity contribution < 1.29 is 4.79 Å². The number of urea groups is 1. The summed E-state index contributed by atoms with van der Waals surface area (Å²) in [5.41, 5.74) is 2.14. The molecule has 2 amide bonds. The Morgan fingerprint density at radius 2 is 1.82 bits per heavy atom. The van der Waals surface area contributed by atoms with Crippen molar-refractivity contribution in [1.29, 1.82) is 0 Å². The third kappa shape index (κ3) is 4.74. The van der Waals surface area contributed by atoms with E-state index in [0.717, 1.165) is 15.6 Å². The number of halogens is 1. The van der Waals surface area contributed by atoms with Crippen molar-refractivity contribution in [2.24, 2.45) is 0 Å². The van der Waals surface area contributed by atoms with Crippen molar-refractivity contribution in [1.82, 2.24) is 10.2 Å². The second kappa shape index (κ2) is 8.39. The normalized spacial score (nSPS) is 10.6. The lowest BCUT2D eigenvalue weighted by atomic mass is 10.2. The van der Waals surface area contributed by atoms with Crippen molar-refractivity contribution in [3.63, 3.8) is 0 Å². The van der Waals surface area contributed by atoms with Crippen molar-refractivity contribution in [2.45, 2.75) is 13.5 Å². The summed E-state index contributed by atoms with van der Waals surface area (Å²) >= 11 is 3.48. The van der Waals surface area contributed by atoms with Crippen LogP contribution in [0.4, 0.5) is 4.79 Å². The van der Waals surface area contributed by atoms with E-state index in [1.165, 1.54) is 0 Å². The van der Waals surface area contributed by atoms with Crippen molar-refractivity contribution >= 4 is 28.0 Å². The Bertz CT molecular complexity index is 641. The molecule has 0 saturated carbocycles. The zero-order valence-corrected chi connectivity index (χ0v) is 14.1. The lowest BCUT2D eigenvalue weighted by Gasteiger charge is -2.20. The average molecular weight is 359 g/mol. The molecular formula is C18H19BrN2O. The zero-order valence-electron chi connectivity index (χ0n) is 12.5. The van der Waals surface area contributed by atoms with Gasteiger partial charge in [-0.2, -0.15) is 0 Å². The SMILES string of the molecule is CCN(Cc1ccccc1)C(=O)N/C=C/c1ccccc1Br. The number of carbonyl (C=O) groups is 1. The van der Waals surface area contributed by atoms with Crippen LogP contribution in [0.15, 0.2) is 65.3 Å². The van der Waals surface area contributed by atoms with Crippen LogP contribution >= 0.6 is 15.9 Å². The molecule has 2 aromatic rings. The Labute approximate surface area is 139 Å². The standard InChI is InChI=1S/C18H19BrN2O/c1-2-21(14-15-8-4-3-5-9-15)18(22)20-13-12-16-10-6-7-11-17(16)19/h3-13H,2,14H2,1H3,(H,20,22)/b13-12+. The lowest BCUT2D eigenvalue weighted by molar-refractivity contribution is 0.202. The van der Waals surface area contributed by atoms with Crippen LogP contribution in [0.1, 0.15) is 18.1 Å². The molecule has 0 saturated heterocycles. The van der Waals surface area contributed by atoms with Crippen molar-refractivity contribution in [3.8, 4) is 0 Å². The maximum atomic E-state index is 12.2. The van der Waals surface area contributed by atoms with E-state index in [1.807, 2.05) is 67.6 Å².